The Morgan fingerprint density at radius 3 is 2.34 bits per heavy atom. The zero-order chi connectivity index (χ0) is 20.2. The Morgan fingerprint density at radius 1 is 0.966 bits per heavy atom. The van der Waals surface area contributed by atoms with Crippen LogP contribution in [0, 0.1) is 21.4 Å². The lowest BCUT2D eigenvalue weighted by atomic mass is 10.2. The molecule has 3 aromatic rings. The van der Waals surface area contributed by atoms with E-state index in [1.54, 1.807) is 27.2 Å². The Kier molecular flexibility index (Phi) is 4.07. The summed E-state index contributed by atoms with van der Waals surface area (Å²) in [7, 11) is -3.53. The van der Waals surface area contributed by atoms with Gasteiger partial charge in [-0.1, -0.05) is 36.9 Å². The van der Waals surface area contributed by atoms with Crippen molar-refractivity contribution in [1.29, 1.82) is 0 Å². The molecule has 2 aliphatic heterocycles. The molecule has 1 saturated heterocycles. The lowest BCUT2D eigenvalue weighted by Crippen LogP contribution is -2.28. The molecule has 0 bridgehead atoms. The summed E-state index contributed by atoms with van der Waals surface area (Å²) in [4.78, 5) is 0.260. The van der Waals surface area contributed by atoms with Gasteiger partial charge in [0.15, 0.2) is 11.0 Å². The van der Waals surface area contributed by atoms with Crippen LogP contribution in [0.3, 0.4) is 0 Å². The van der Waals surface area contributed by atoms with Gasteiger partial charge in [-0.25, -0.2) is 13.1 Å². The third-order valence-corrected chi connectivity index (χ3v) is 7.43. The van der Waals surface area contributed by atoms with Gasteiger partial charge in [0.05, 0.1) is 4.90 Å². The first-order chi connectivity index (χ1) is 14.0. The summed E-state index contributed by atoms with van der Waals surface area (Å²) < 4.78 is 29.4. The number of rotatable bonds is 2. The molecule has 3 heterocycles. The van der Waals surface area contributed by atoms with Crippen molar-refractivity contribution in [3.05, 3.63) is 74.3 Å². The number of benzene rings is 2. The molecule has 0 amide bonds. The number of nitrogens with one attached hydrogen (secondary N) is 1. The van der Waals surface area contributed by atoms with Crippen LogP contribution in [0.25, 0.3) is 12.3 Å². The van der Waals surface area contributed by atoms with E-state index < -0.39 is 10.0 Å². The second-order valence-corrected chi connectivity index (χ2v) is 9.33. The van der Waals surface area contributed by atoms with Crippen molar-refractivity contribution in [1.82, 2.24) is 19.2 Å². The van der Waals surface area contributed by atoms with Crippen molar-refractivity contribution >= 4 is 22.3 Å². The van der Waals surface area contributed by atoms with Crippen LogP contribution < -0.4 is 15.9 Å². The molecular weight excluding hydrogens is 386 g/mol. The van der Waals surface area contributed by atoms with Gasteiger partial charge in [0.1, 0.15) is 0 Å². The lowest BCUT2D eigenvalue weighted by Gasteiger charge is -2.15. The molecule has 0 spiro atoms. The van der Waals surface area contributed by atoms with Gasteiger partial charge in [0, 0.05) is 34.4 Å². The molecule has 5 rings (SSSR count). The molecule has 148 valence electrons. The highest BCUT2D eigenvalue weighted by Gasteiger charge is 2.27. The Labute approximate surface area is 167 Å². The fourth-order valence-corrected chi connectivity index (χ4v) is 5.52. The maximum atomic E-state index is 13.0. The van der Waals surface area contributed by atoms with Crippen molar-refractivity contribution in [2.45, 2.75) is 24.7 Å². The van der Waals surface area contributed by atoms with Crippen molar-refractivity contribution in [3.8, 4) is 0 Å². The normalized spacial score (nSPS) is 17.6. The van der Waals surface area contributed by atoms with Gasteiger partial charge in [-0.3, -0.25) is 5.43 Å². The number of aromatic nitrogens is 3. The molecular formula is C21H21N5O2S. The Morgan fingerprint density at radius 2 is 1.62 bits per heavy atom. The van der Waals surface area contributed by atoms with Crippen molar-refractivity contribution in [2.24, 2.45) is 0 Å². The number of hydrogen-bond acceptors (Lipinski definition) is 5. The lowest BCUT2D eigenvalue weighted by molar-refractivity contribution is 0.477. The van der Waals surface area contributed by atoms with E-state index in [4.69, 9.17) is 0 Å². The standard InChI is InChI=1S/C21H21N5O2S/c1-14-9-10-16(29(27,28)25-11-5-6-12-25)13-19(14)21-23-22-20-18-8-4-3-7-17(18)15(2)24-26(20)21/h3-4,7-10,13,24H,1,5-6,11-12H2,2H3. The van der Waals surface area contributed by atoms with Crippen LogP contribution in [-0.2, 0) is 10.0 Å². The molecule has 0 radical (unpaired) electrons. The molecule has 0 saturated carbocycles. The van der Waals surface area contributed by atoms with Gasteiger partial charge in [-0.05, 0) is 37.1 Å². The van der Waals surface area contributed by atoms with E-state index >= 15 is 0 Å². The summed E-state index contributed by atoms with van der Waals surface area (Å²) in [6, 6.07) is 13.0. The summed E-state index contributed by atoms with van der Waals surface area (Å²) in [6.45, 7) is 7.21. The molecule has 0 atom stereocenters. The van der Waals surface area contributed by atoms with Gasteiger partial charge >= 0.3 is 0 Å². The van der Waals surface area contributed by atoms with Crippen LogP contribution >= 0.6 is 0 Å². The third kappa shape index (κ3) is 2.79. The summed E-state index contributed by atoms with van der Waals surface area (Å²) in [5.41, 5.74) is 5.52. The molecule has 2 aromatic carbocycles. The third-order valence-electron chi connectivity index (χ3n) is 5.54. The van der Waals surface area contributed by atoms with E-state index in [9.17, 15) is 8.42 Å². The van der Waals surface area contributed by atoms with Crippen LogP contribution in [-0.4, -0.2) is 40.7 Å². The second kappa shape index (κ2) is 6.53. The molecule has 8 heteroatoms. The molecule has 29 heavy (non-hydrogen) atoms. The molecule has 0 aliphatic carbocycles. The molecule has 1 aromatic heterocycles. The maximum absolute atomic E-state index is 13.0. The highest BCUT2D eigenvalue weighted by Crippen LogP contribution is 2.20. The van der Waals surface area contributed by atoms with E-state index in [-0.39, 0.29) is 4.90 Å². The molecule has 1 fully saturated rings. The minimum Gasteiger partial charge on any atom is -0.295 e. The van der Waals surface area contributed by atoms with Crippen LogP contribution in [0.1, 0.15) is 19.8 Å². The zero-order valence-electron chi connectivity index (χ0n) is 16.1. The van der Waals surface area contributed by atoms with Crippen molar-refractivity contribution in [2.75, 3.05) is 18.5 Å². The first kappa shape index (κ1) is 18.1. The molecule has 1 N–H and O–H groups in total. The fourth-order valence-electron chi connectivity index (χ4n) is 3.97. The Bertz CT molecular complexity index is 1540. The summed E-state index contributed by atoms with van der Waals surface area (Å²) >= 11 is 0. The number of sulfonamides is 1. The van der Waals surface area contributed by atoms with E-state index in [0.717, 1.165) is 29.0 Å². The van der Waals surface area contributed by atoms with E-state index in [1.807, 2.05) is 31.2 Å². The van der Waals surface area contributed by atoms with Crippen LogP contribution in [0.2, 0.25) is 0 Å². The van der Waals surface area contributed by atoms with Crippen molar-refractivity contribution < 1.29 is 8.42 Å². The largest absolute Gasteiger partial charge is 0.295 e. The first-order valence-corrected chi connectivity index (χ1v) is 11.0. The van der Waals surface area contributed by atoms with Crippen LogP contribution in [0.4, 0.5) is 0 Å². The fraction of sp³-hybridized carbons (Fsp3) is 0.238. The zero-order valence-corrected chi connectivity index (χ0v) is 16.9. The molecule has 2 aliphatic rings. The van der Waals surface area contributed by atoms with Gasteiger partial charge in [0.25, 0.3) is 0 Å². The summed E-state index contributed by atoms with van der Waals surface area (Å²) in [5.74, 6) is 0. The Balaban J connectivity index is 1.85. The maximum Gasteiger partial charge on any atom is 0.243 e. The van der Waals surface area contributed by atoms with Crippen LogP contribution in [0.15, 0.2) is 47.4 Å². The van der Waals surface area contributed by atoms with Gasteiger partial charge in [0.2, 0.25) is 10.0 Å². The molecule has 0 unspecified atom stereocenters. The quantitative estimate of drug-likeness (QED) is 0.678. The molecule has 7 nitrogen and oxygen atoms in total. The topological polar surface area (TPSA) is 80.1 Å². The number of fused-ring (bicyclic) bond motifs is 2. The van der Waals surface area contributed by atoms with Crippen molar-refractivity contribution in [3.63, 3.8) is 0 Å². The number of hydrogen-bond donors (Lipinski definition) is 1. The highest BCUT2D eigenvalue weighted by molar-refractivity contribution is 7.89. The SMILES string of the molecule is C=c1ccc(S(=O)(=O)N2CCCC2)cc1=c1nnc2n1NC(C)=c1ccccc1=2. The van der Waals surface area contributed by atoms with E-state index in [2.05, 4.69) is 22.2 Å². The van der Waals surface area contributed by atoms with Gasteiger partial charge in [-0.15, -0.1) is 10.2 Å². The first-order valence-electron chi connectivity index (χ1n) is 9.59. The Hall–Kier alpha value is -2.97. The summed E-state index contributed by atoms with van der Waals surface area (Å²) in [6.07, 6.45) is 1.80. The average molecular weight is 407 g/mol. The summed E-state index contributed by atoms with van der Waals surface area (Å²) in [5, 5.41) is 12.1. The monoisotopic (exact) mass is 407 g/mol. The van der Waals surface area contributed by atoms with E-state index in [1.165, 1.54) is 0 Å². The van der Waals surface area contributed by atoms with Crippen LogP contribution in [0.5, 0.6) is 0 Å². The average Bonchev–Trinajstić information content (AvgIpc) is 3.39. The highest BCUT2D eigenvalue weighted by atomic mass is 32.2. The minimum absolute atomic E-state index is 0.260. The van der Waals surface area contributed by atoms with Gasteiger partial charge in [-0.2, -0.15) is 4.31 Å². The van der Waals surface area contributed by atoms with E-state index in [0.29, 0.717) is 34.5 Å². The van der Waals surface area contributed by atoms with Gasteiger partial charge < -0.3 is 0 Å². The minimum atomic E-state index is -3.53. The smallest absolute Gasteiger partial charge is 0.243 e. The predicted octanol–water partition coefficient (Wildman–Crippen LogP) is 0.732. The predicted molar refractivity (Wildman–Crippen MR) is 109 cm³/mol. The second-order valence-electron chi connectivity index (χ2n) is 7.40. The number of nitrogens with zero attached hydrogens (tertiary/aromatic N) is 4.